The third kappa shape index (κ3) is 3.11. The second-order valence-corrected chi connectivity index (χ2v) is 7.26. The van der Waals surface area contributed by atoms with Crippen LogP contribution in [0.3, 0.4) is 0 Å². The molecular weight excluding hydrogens is 334 g/mol. The zero-order valence-corrected chi connectivity index (χ0v) is 13.8. The first-order valence-electron chi connectivity index (χ1n) is 6.80. The van der Waals surface area contributed by atoms with E-state index in [1.807, 2.05) is 12.1 Å². The molecule has 20 heavy (non-hydrogen) atoms. The standard InChI is InChI=1S/C15H18BrN3S/c1-10-6-19(8-14(10)17)7-13-9-20-15(18-13)11-3-2-4-12(16)5-11/h2-5,9-10,14H,6-8,17H2,1H3. The number of benzene rings is 1. The van der Waals surface area contributed by atoms with Crippen molar-refractivity contribution < 1.29 is 0 Å². The lowest BCUT2D eigenvalue weighted by atomic mass is 10.1. The molecule has 0 spiro atoms. The quantitative estimate of drug-likeness (QED) is 0.921. The Morgan fingerprint density at radius 1 is 1.45 bits per heavy atom. The molecule has 1 aliphatic heterocycles. The molecule has 1 aromatic carbocycles. The SMILES string of the molecule is CC1CN(Cc2csc(-c3cccc(Br)c3)n2)CC1N. The van der Waals surface area contributed by atoms with Gasteiger partial charge in [0.2, 0.25) is 0 Å². The molecule has 1 aromatic heterocycles. The van der Waals surface area contributed by atoms with Gasteiger partial charge in [-0.3, -0.25) is 4.90 Å². The van der Waals surface area contributed by atoms with Crippen LogP contribution in [0.4, 0.5) is 0 Å². The van der Waals surface area contributed by atoms with Crippen LogP contribution in [0.2, 0.25) is 0 Å². The summed E-state index contributed by atoms with van der Waals surface area (Å²) in [5, 5.41) is 3.24. The molecule has 0 aliphatic carbocycles. The number of likely N-dealkylation sites (tertiary alicyclic amines) is 1. The smallest absolute Gasteiger partial charge is 0.123 e. The topological polar surface area (TPSA) is 42.2 Å². The zero-order valence-electron chi connectivity index (χ0n) is 11.4. The number of nitrogens with zero attached hydrogens (tertiary/aromatic N) is 2. The van der Waals surface area contributed by atoms with Crippen molar-refractivity contribution in [1.82, 2.24) is 9.88 Å². The summed E-state index contributed by atoms with van der Waals surface area (Å²) in [6.45, 7) is 5.18. The van der Waals surface area contributed by atoms with Gasteiger partial charge in [-0.05, 0) is 18.1 Å². The first kappa shape index (κ1) is 14.2. The lowest BCUT2D eigenvalue weighted by molar-refractivity contribution is 0.315. The highest BCUT2D eigenvalue weighted by molar-refractivity contribution is 9.10. The average molecular weight is 352 g/mol. The second-order valence-electron chi connectivity index (χ2n) is 5.49. The molecule has 2 unspecified atom stereocenters. The minimum atomic E-state index is 0.304. The molecule has 1 saturated heterocycles. The molecule has 2 N–H and O–H groups in total. The van der Waals surface area contributed by atoms with Crippen molar-refractivity contribution in [1.29, 1.82) is 0 Å². The lowest BCUT2D eigenvalue weighted by Crippen LogP contribution is -2.28. The molecule has 2 heterocycles. The Labute approximate surface area is 131 Å². The molecule has 2 atom stereocenters. The number of hydrogen-bond acceptors (Lipinski definition) is 4. The molecule has 5 heteroatoms. The van der Waals surface area contributed by atoms with Crippen molar-refractivity contribution in [2.75, 3.05) is 13.1 Å². The van der Waals surface area contributed by atoms with Gasteiger partial charge in [-0.1, -0.05) is 35.0 Å². The Hall–Kier alpha value is -0.750. The number of hydrogen-bond donors (Lipinski definition) is 1. The van der Waals surface area contributed by atoms with E-state index in [9.17, 15) is 0 Å². The van der Waals surface area contributed by atoms with Gasteiger partial charge in [0.15, 0.2) is 0 Å². The van der Waals surface area contributed by atoms with Gasteiger partial charge in [0, 0.05) is 41.1 Å². The van der Waals surface area contributed by atoms with Gasteiger partial charge in [-0.25, -0.2) is 4.98 Å². The van der Waals surface area contributed by atoms with Crippen LogP contribution in [0.5, 0.6) is 0 Å². The van der Waals surface area contributed by atoms with Crippen LogP contribution in [0.15, 0.2) is 34.1 Å². The van der Waals surface area contributed by atoms with Crippen molar-refractivity contribution in [3.8, 4) is 10.6 Å². The van der Waals surface area contributed by atoms with Gasteiger partial charge in [-0.15, -0.1) is 11.3 Å². The monoisotopic (exact) mass is 351 g/mol. The fourth-order valence-corrected chi connectivity index (χ4v) is 3.79. The van der Waals surface area contributed by atoms with Gasteiger partial charge in [0.1, 0.15) is 5.01 Å². The summed E-state index contributed by atoms with van der Waals surface area (Å²) < 4.78 is 1.09. The fraction of sp³-hybridized carbons (Fsp3) is 0.400. The van der Waals surface area contributed by atoms with Gasteiger partial charge >= 0.3 is 0 Å². The van der Waals surface area contributed by atoms with E-state index in [1.165, 1.54) is 5.56 Å². The largest absolute Gasteiger partial charge is 0.326 e. The normalized spacial score (nSPS) is 23.4. The summed E-state index contributed by atoms with van der Waals surface area (Å²) in [4.78, 5) is 7.15. The van der Waals surface area contributed by atoms with E-state index in [0.29, 0.717) is 12.0 Å². The van der Waals surface area contributed by atoms with Crippen LogP contribution < -0.4 is 5.73 Å². The van der Waals surface area contributed by atoms with Crippen molar-refractivity contribution in [3.63, 3.8) is 0 Å². The van der Waals surface area contributed by atoms with Crippen LogP contribution >= 0.6 is 27.3 Å². The number of nitrogens with two attached hydrogens (primary N) is 1. The van der Waals surface area contributed by atoms with Crippen LogP contribution in [0.25, 0.3) is 10.6 Å². The number of rotatable bonds is 3. The minimum absolute atomic E-state index is 0.304. The highest BCUT2D eigenvalue weighted by Gasteiger charge is 2.26. The fourth-order valence-electron chi connectivity index (χ4n) is 2.59. The molecule has 1 aliphatic rings. The Morgan fingerprint density at radius 3 is 3.00 bits per heavy atom. The van der Waals surface area contributed by atoms with Gasteiger partial charge in [-0.2, -0.15) is 0 Å². The molecule has 0 amide bonds. The van der Waals surface area contributed by atoms with E-state index >= 15 is 0 Å². The summed E-state index contributed by atoms with van der Waals surface area (Å²) in [7, 11) is 0. The first-order chi connectivity index (χ1) is 9.61. The van der Waals surface area contributed by atoms with E-state index in [1.54, 1.807) is 11.3 Å². The molecule has 106 valence electrons. The Kier molecular flexibility index (Phi) is 4.21. The summed E-state index contributed by atoms with van der Waals surface area (Å²) in [5.41, 5.74) is 8.38. The predicted octanol–water partition coefficient (Wildman–Crippen LogP) is 3.35. The maximum atomic E-state index is 6.07. The molecule has 0 saturated carbocycles. The molecular formula is C15H18BrN3S. The van der Waals surface area contributed by atoms with E-state index in [4.69, 9.17) is 10.7 Å². The van der Waals surface area contributed by atoms with Crippen LogP contribution in [0.1, 0.15) is 12.6 Å². The number of halogens is 1. The van der Waals surface area contributed by atoms with Crippen molar-refractivity contribution >= 4 is 27.3 Å². The van der Waals surface area contributed by atoms with Crippen LogP contribution in [0, 0.1) is 5.92 Å². The predicted molar refractivity (Wildman–Crippen MR) is 87.7 cm³/mol. The molecule has 2 aromatic rings. The maximum absolute atomic E-state index is 6.07. The Bertz CT molecular complexity index is 588. The first-order valence-corrected chi connectivity index (χ1v) is 8.47. The van der Waals surface area contributed by atoms with Gasteiger partial charge < -0.3 is 5.73 Å². The zero-order chi connectivity index (χ0) is 14.1. The van der Waals surface area contributed by atoms with Crippen LogP contribution in [-0.4, -0.2) is 29.0 Å². The molecule has 1 fully saturated rings. The van der Waals surface area contributed by atoms with Crippen molar-refractivity contribution in [2.24, 2.45) is 11.7 Å². The van der Waals surface area contributed by atoms with Crippen molar-refractivity contribution in [3.05, 3.63) is 39.8 Å². The number of aromatic nitrogens is 1. The third-order valence-electron chi connectivity index (χ3n) is 3.76. The van der Waals surface area contributed by atoms with Crippen LogP contribution in [-0.2, 0) is 6.54 Å². The lowest BCUT2D eigenvalue weighted by Gasteiger charge is -2.12. The maximum Gasteiger partial charge on any atom is 0.123 e. The highest BCUT2D eigenvalue weighted by Crippen LogP contribution is 2.27. The second kappa shape index (κ2) is 5.93. The number of thiazole rings is 1. The van der Waals surface area contributed by atoms with E-state index in [0.717, 1.165) is 34.8 Å². The Morgan fingerprint density at radius 2 is 2.30 bits per heavy atom. The summed E-state index contributed by atoms with van der Waals surface area (Å²) >= 11 is 5.21. The molecule has 0 radical (unpaired) electrons. The molecule has 3 nitrogen and oxygen atoms in total. The Balaban J connectivity index is 1.71. The molecule has 0 bridgehead atoms. The summed E-state index contributed by atoms with van der Waals surface area (Å²) in [5.74, 6) is 0.582. The highest BCUT2D eigenvalue weighted by atomic mass is 79.9. The summed E-state index contributed by atoms with van der Waals surface area (Å²) in [6, 6.07) is 8.59. The average Bonchev–Trinajstić information content (AvgIpc) is 2.98. The minimum Gasteiger partial charge on any atom is -0.326 e. The van der Waals surface area contributed by atoms with E-state index < -0.39 is 0 Å². The van der Waals surface area contributed by atoms with E-state index in [2.05, 4.69) is 45.3 Å². The van der Waals surface area contributed by atoms with Crippen molar-refractivity contribution in [2.45, 2.75) is 19.5 Å². The summed E-state index contributed by atoms with van der Waals surface area (Å²) in [6.07, 6.45) is 0. The molecule has 3 rings (SSSR count). The van der Waals surface area contributed by atoms with Gasteiger partial charge in [0.05, 0.1) is 5.69 Å². The van der Waals surface area contributed by atoms with E-state index in [-0.39, 0.29) is 0 Å². The van der Waals surface area contributed by atoms with Gasteiger partial charge in [0.25, 0.3) is 0 Å². The third-order valence-corrected chi connectivity index (χ3v) is 5.19.